The second kappa shape index (κ2) is 7.38. The fraction of sp³-hybridized carbons (Fsp3) is 0.429. The Morgan fingerprint density at radius 1 is 1.29 bits per heavy atom. The maximum Gasteiger partial charge on any atom is 0.317 e. The van der Waals surface area contributed by atoms with E-state index in [-0.39, 0.29) is 19.0 Å². The van der Waals surface area contributed by atoms with Gasteiger partial charge in [-0.2, -0.15) is 0 Å². The van der Waals surface area contributed by atoms with Crippen LogP contribution in [0.2, 0.25) is 0 Å². The Labute approximate surface area is 140 Å². The van der Waals surface area contributed by atoms with Crippen LogP contribution in [-0.4, -0.2) is 41.5 Å². The molecule has 2 N–H and O–H groups in total. The summed E-state index contributed by atoms with van der Waals surface area (Å²) in [5, 5.41) is 11.7. The van der Waals surface area contributed by atoms with Gasteiger partial charge in [-0.15, -0.1) is 0 Å². The van der Waals surface area contributed by atoms with Crippen LogP contribution in [0.1, 0.15) is 12.8 Å². The molecule has 0 spiro atoms. The van der Waals surface area contributed by atoms with E-state index in [9.17, 15) is 9.59 Å². The van der Waals surface area contributed by atoms with Crippen molar-refractivity contribution in [1.29, 1.82) is 0 Å². The van der Waals surface area contributed by atoms with E-state index in [0.717, 1.165) is 21.8 Å². The van der Waals surface area contributed by atoms with Crippen molar-refractivity contribution in [2.45, 2.75) is 12.8 Å². The number of amides is 1. The van der Waals surface area contributed by atoms with Crippen LogP contribution in [0.3, 0.4) is 0 Å². The number of rotatable bonds is 7. The molecule has 1 fully saturated rings. The van der Waals surface area contributed by atoms with Crippen molar-refractivity contribution in [3.63, 3.8) is 0 Å². The molecule has 0 aromatic heterocycles. The highest BCUT2D eigenvalue weighted by Crippen LogP contribution is 2.30. The number of nitrogens with zero attached hydrogens (tertiary/aromatic N) is 1. The maximum absolute atomic E-state index is 12.1. The van der Waals surface area contributed by atoms with Gasteiger partial charge in [0.15, 0.2) is 0 Å². The molecule has 0 bridgehead atoms. The summed E-state index contributed by atoms with van der Waals surface area (Å²) < 4.78 is 1.69. The number of carbonyl (C=O) groups excluding carboxylic acids is 1. The van der Waals surface area contributed by atoms with Crippen molar-refractivity contribution in [1.82, 2.24) is 4.90 Å². The van der Waals surface area contributed by atoms with E-state index in [0.29, 0.717) is 18.2 Å². The highest BCUT2D eigenvalue weighted by molar-refractivity contribution is 9.11. The lowest BCUT2D eigenvalue weighted by Crippen LogP contribution is -2.38. The second-order valence-corrected chi connectivity index (χ2v) is 6.95. The van der Waals surface area contributed by atoms with Crippen LogP contribution >= 0.6 is 31.9 Å². The van der Waals surface area contributed by atoms with Gasteiger partial charge >= 0.3 is 5.97 Å². The molecule has 21 heavy (non-hydrogen) atoms. The monoisotopic (exact) mass is 418 g/mol. The van der Waals surface area contributed by atoms with Crippen LogP contribution in [0.15, 0.2) is 27.1 Å². The minimum Gasteiger partial charge on any atom is -0.480 e. The molecule has 0 atom stereocenters. The standard InChI is InChI=1S/C14H16Br2N2O3/c15-10-3-4-12(11(16)5-10)17-13(19)7-18(8-14(20)21)6-9-1-2-9/h3-5,9H,1-2,6-8H2,(H,17,19)(H,20,21). The zero-order valence-corrected chi connectivity index (χ0v) is 14.5. The van der Waals surface area contributed by atoms with Gasteiger partial charge < -0.3 is 10.4 Å². The zero-order chi connectivity index (χ0) is 15.4. The molecule has 1 aliphatic rings. The Morgan fingerprint density at radius 2 is 2.00 bits per heavy atom. The molecule has 1 amide bonds. The summed E-state index contributed by atoms with van der Waals surface area (Å²) in [6.07, 6.45) is 2.24. The fourth-order valence-electron chi connectivity index (χ4n) is 2.03. The number of benzene rings is 1. The summed E-state index contributed by atoms with van der Waals surface area (Å²) in [7, 11) is 0. The number of carboxylic acid groups (broad SMARTS) is 1. The third-order valence-corrected chi connectivity index (χ3v) is 4.29. The highest BCUT2D eigenvalue weighted by Gasteiger charge is 2.26. The smallest absolute Gasteiger partial charge is 0.317 e. The molecular formula is C14H16Br2N2O3. The first kappa shape index (κ1) is 16.5. The molecule has 0 radical (unpaired) electrons. The van der Waals surface area contributed by atoms with Crippen molar-refractivity contribution < 1.29 is 14.7 Å². The Hall–Kier alpha value is -0.920. The van der Waals surface area contributed by atoms with E-state index >= 15 is 0 Å². The molecule has 0 saturated heterocycles. The number of carbonyl (C=O) groups is 2. The van der Waals surface area contributed by atoms with Gasteiger partial charge in [-0.1, -0.05) is 15.9 Å². The number of nitrogens with one attached hydrogen (secondary N) is 1. The average Bonchev–Trinajstić information content (AvgIpc) is 3.15. The fourth-order valence-corrected chi connectivity index (χ4v) is 3.17. The normalized spacial score (nSPS) is 14.2. The molecule has 1 saturated carbocycles. The third-order valence-electron chi connectivity index (χ3n) is 3.14. The first-order chi connectivity index (χ1) is 9.94. The van der Waals surface area contributed by atoms with E-state index < -0.39 is 5.97 Å². The van der Waals surface area contributed by atoms with E-state index in [1.165, 1.54) is 0 Å². The topological polar surface area (TPSA) is 69.6 Å². The SMILES string of the molecule is O=C(O)CN(CC(=O)Nc1ccc(Br)cc1Br)CC1CC1. The summed E-state index contributed by atoms with van der Waals surface area (Å²) in [6.45, 7) is 0.651. The van der Waals surface area contributed by atoms with Gasteiger partial charge in [0.2, 0.25) is 5.91 Å². The van der Waals surface area contributed by atoms with E-state index in [2.05, 4.69) is 37.2 Å². The number of hydrogen-bond donors (Lipinski definition) is 2. The quantitative estimate of drug-likeness (QED) is 0.712. The predicted octanol–water partition coefficient (Wildman–Crippen LogP) is 2.95. The maximum atomic E-state index is 12.1. The first-order valence-corrected chi connectivity index (χ1v) is 8.21. The summed E-state index contributed by atoms with van der Waals surface area (Å²) in [4.78, 5) is 24.6. The van der Waals surface area contributed by atoms with E-state index in [4.69, 9.17) is 5.11 Å². The van der Waals surface area contributed by atoms with Crippen molar-refractivity contribution in [2.24, 2.45) is 5.92 Å². The number of anilines is 1. The van der Waals surface area contributed by atoms with Crippen LogP contribution in [0, 0.1) is 5.92 Å². The Balaban J connectivity index is 1.92. The summed E-state index contributed by atoms with van der Waals surface area (Å²) in [6, 6.07) is 5.46. The van der Waals surface area contributed by atoms with Crippen LogP contribution in [-0.2, 0) is 9.59 Å². The number of carboxylic acids is 1. The van der Waals surface area contributed by atoms with Gasteiger partial charge in [-0.3, -0.25) is 14.5 Å². The minimum absolute atomic E-state index is 0.0886. The molecule has 1 aromatic rings. The molecule has 0 heterocycles. The van der Waals surface area contributed by atoms with Gasteiger partial charge in [-0.25, -0.2) is 0 Å². The predicted molar refractivity (Wildman–Crippen MR) is 87.3 cm³/mol. The summed E-state index contributed by atoms with van der Waals surface area (Å²) >= 11 is 6.73. The second-order valence-electron chi connectivity index (χ2n) is 5.18. The molecule has 114 valence electrons. The molecule has 0 aliphatic heterocycles. The molecule has 2 rings (SSSR count). The molecule has 1 aliphatic carbocycles. The zero-order valence-electron chi connectivity index (χ0n) is 11.3. The summed E-state index contributed by atoms with van der Waals surface area (Å²) in [5.74, 6) is -0.579. The lowest BCUT2D eigenvalue weighted by molar-refractivity contribution is -0.138. The van der Waals surface area contributed by atoms with Gasteiger partial charge in [0.05, 0.1) is 18.8 Å². The Kier molecular flexibility index (Phi) is 5.78. The largest absolute Gasteiger partial charge is 0.480 e. The first-order valence-electron chi connectivity index (χ1n) is 6.63. The van der Waals surface area contributed by atoms with E-state index in [1.807, 2.05) is 12.1 Å². The molecule has 1 aromatic carbocycles. The minimum atomic E-state index is -0.909. The van der Waals surface area contributed by atoms with Crippen molar-refractivity contribution in [3.8, 4) is 0 Å². The lowest BCUT2D eigenvalue weighted by atomic mass is 10.3. The lowest BCUT2D eigenvalue weighted by Gasteiger charge is -2.19. The van der Waals surface area contributed by atoms with Crippen molar-refractivity contribution in [3.05, 3.63) is 27.1 Å². The van der Waals surface area contributed by atoms with Crippen LogP contribution in [0.4, 0.5) is 5.69 Å². The number of aliphatic carboxylic acids is 1. The van der Waals surface area contributed by atoms with E-state index in [1.54, 1.807) is 11.0 Å². The highest BCUT2D eigenvalue weighted by atomic mass is 79.9. The molecule has 7 heteroatoms. The van der Waals surface area contributed by atoms with Gasteiger partial charge in [0, 0.05) is 15.5 Å². The Bertz CT molecular complexity index is 547. The van der Waals surface area contributed by atoms with Crippen LogP contribution in [0.25, 0.3) is 0 Å². The van der Waals surface area contributed by atoms with Crippen LogP contribution in [0.5, 0.6) is 0 Å². The average molecular weight is 420 g/mol. The number of hydrogen-bond acceptors (Lipinski definition) is 3. The van der Waals surface area contributed by atoms with Gasteiger partial charge in [0.1, 0.15) is 0 Å². The summed E-state index contributed by atoms with van der Waals surface area (Å²) in [5.41, 5.74) is 0.671. The molecule has 5 nitrogen and oxygen atoms in total. The number of halogens is 2. The van der Waals surface area contributed by atoms with Crippen molar-refractivity contribution >= 4 is 49.4 Å². The van der Waals surface area contributed by atoms with Crippen LogP contribution < -0.4 is 5.32 Å². The van der Waals surface area contributed by atoms with Gasteiger partial charge in [-0.05, 0) is 52.9 Å². The molecular weight excluding hydrogens is 404 g/mol. The molecule has 0 unspecified atom stereocenters. The van der Waals surface area contributed by atoms with Gasteiger partial charge in [0.25, 0.3) is 0 Å². The third kappa shape index (κ3) is 5.76. The van der Waals surface area contributed by atoms with Crippen molar-refractivity contribution in [2.75, 3.05) is 25.0 Å². The Morgan fingerprint density at radius 3 is 2.57 bits per heavy atom.